The van der Waals surface area contributed by atoms with Gasteiger partial charge in [-0.05, 0) is 56.2 Å². The van der Waals surface area contributed by atoms with Crippen LogP contribution in [0.15, 0.2) is 54.9 Å². The second kappa shape index (κ2) is 7.82. The standard InChI is InChI=1S/C20H21N5O2/c1-4-24(17-10-6-8-15(3)12-17)20-18(25(26)27)19(21-13-22-20)23-16-9-5-7-14(2)11-16/h5-13H,4H2,1-3H3,(H,21,22,23). The monoisotopic (exact) mass is 363 g/mol. The normalized spacial score (nSPS) is 10.5. The molecule has 1 aromatic heterocycles. The molecule has 2 aromatic carbocycles. The molecule has 0 bridgehead atoms. The van der Waals surface area contributed by atoms with Crippen LogP contribution in [0.3, 0.4) is 0 Å². The van der Waals surface area contributed by atoms with E-state index < -0.39 is 4.92 Å². The molecule has 3 aromatic rings. The summed E-state index contributed by atoms with van der Waals surface area (Å²) < 4.78 is 0. The van der Waals surface area contributed by atoms with Crippen molar-refractivity contribution in [3.63, 3.8) is 0 Å². The van der Waals surface area contributed by atoms with Gasteiger partial charge in [-0.3, -0.25) is 10.1 Å². The van der Waals surface area contributed by atoms with Crippen molar-refractivity contribution < 1.29 is 4.92 Å². The molecular weight excluding hydrogens is 342 g/mol. The van der Waals surface area contributed by atoms with Crippen LogP contribution in [0.2, 0.25) is 0 Å². The maximum absolute atomic E-state index is 11.9. The minimum Gasteiger partial charge on any atom is -0.334 e. The maximum atomic E-state index is 11.9. The minimum absolute atomic E-state index is 0.151. The number of nitrogens with zero attached hydrogens (tertiary/aromatic N) is 4. The predicted octanol–water partition coefficient (Wildman–Crippen LogP) is 4.90. The van der Waals surface area contributed by atoms with E-state index in [1.54, 1.807) is 0 Å². The van der Waals surface area contributed by atoms with Gasteiger partial charge in [0.25, 0.3) is 0 Å². The van der Waals surface area contributed by atoms with Gasteiger partial charge in [0.2, 0.25) is 11.6 Å². The van der Waals surface area contributed by atoms with Crippen LogP contribution in [0, 0.1) is 24.0 Å². The predicted molar refractivity (Wildman–Crippen MR) is 107 cm³/mol. The van der Waals surface area contributed by atoms with Crippen LogP contribution in [0.5, 0.6) is 0 Å². The summed E-state index contributed by atoms with van der Waals surface area (Å²) in [4.78, 5) is 21.6. The number of anilines is 4. The van der Waals surface area contributed by atoms with Crippen LogP contribution in [0.4, 0.5) is 28.7 Å². The fourth-order valence-corrected chi connectivity index (χ4v) is 2.94. The number of hydrogen-bond donors (Lipinski definition) is 1. The highest BCUT2D eigenvalue weighted by Crippen LogP contribution is 2.37. The van der Waals surface area contributed by atoms with E-state index >= 15 is 0 Å². The molecule has 0 aliphatic rings. The first-order valence-corrected chi connectivity index (χ1v) is 8.67. The SMILES string of the molecule is CCN(c1cccc(C)c1)c1ncnc(Nc2cccc(C)c2)c1[N+](=O)[O-]. The number of aromatic nitrogens is 2. The van der Waals surface area contributed by atoms with Crippen molar-refractivity contribution >= 4 is 28.7 Å². The Morgan fingerprint density at radius 2 is 1.78 bits per heavy atom. The van der Waals surface area contributed by atoms with Gasteiger partial charge < -0.3 is 10.2 Å². The first kappa shape index (κ1) is 18.3. The summed E-state index contributed by atoms with van der Waals surface area (Å²) >= 11 is 0. The van der Waals surface area contributed by atoms with E-state index in [2.05, 4.69) is 15.3 Å². The van der Waals surface area contributed by atoms with Gasteiger partial charge in [-0.25, -0.2) is 9.97 Å². The molecule has 0 saturated heterocycles. The quantitative estimate of drug-likeness (QED) is 0.495. The van der Waals surface area contributed by atoms with E-state index in [-0.39, 0.29) is 17.3 Å². The van der Waals surface area contributed by atoms with Crippen molar-refractivity contribution in [1.82, 2.24) is 9.97 Å². The fraction of sp³-hybridized carbons (Fsp3) is 0.200. The summed E-state index contributed by atoms with van der Waals surface area (Å²) in [5.74, 6) is 0.431. The summed E-state index contributed by atoms with van der Waals surface area (Å²) in [5.41, 5.74) is 3.55. The molecule has 0 fully saturated rings. The lowest BCUT2D eigenvalue weighted by molar-refractivity contribution is -0.383. The van der Waals surface area contributed by atoms with Crippen LogP contribution < -0.4 is 10.2 Å². The third kappa shape index (κ3) is 4.03. The van der Waals surface area contributed by atoms with Crippen molar-refractivity contribution in [3.05, 3.63) is 76.1 Å². The Hall–Kier alpha value is -3.48. The minimum atomic E-state index is -0.439. The summed E-state index contributed by atoms with van der Waals surface area (Å²) in [7, 11) is 0. The van der Waals surface area contributed by atoms with Gasteiger partial charge in [-0.1, -0.05) is 24.3 Å². The number of aryl methyl sites for hydroxylation is 2. The van der Waals surface area contributed by atoms with E-state index in [9.17, 15) is 10.1 Å². The lowest BCUT2D eigenvalue weighted by Crippen LogP contribution is -2.20. The molecule has 7 heteroatoms. The molecule has 0 unspecified atom stereocenters. The lowest BCUT2D eigenvalue weighted by atomic mass is 10.2. The summed E-state index contributed by atoms with van der Waals surface area (Å²) in [6, 6.07) is 15.4. The van der Waals surface area contributed by atoms with Gasteiger partial charge in [-0.2, -0.15) is 0 Å². The van der Waals surface area contributed by atoms with Crippen LogP contribution in [0.25, 0.3) is 0 Å². The molecule has 0 aliphatic carbocycles. The topological polar surface area (TPSA) is 84.2 Å². The number of hydrogen-bond acceptors (Lipinski definition) is 6. The average Bonchev–Trinajstić information content (AvgIpc) is 2.62. The molecule has 0 atom stereocenters. The molecule has 0 amide bonds. The van der Waals surface area contributed by atoms with E-state index in [1.807, 2.05) is 74.2 Å². The van der Waals surface area contributed by atoms with Gasteiger partial charge in [-0.15, -0.1) is 0 Å². The first-order valence-electron chi connectivity index (χ1n) is 8.67. The summed E-state index contributed by atoms with van der Waals surface area (Å²) in [5, 5.41) is 14.9. The summed E-state index contributed by atoms with van der Waals surface area (Å²) in [6.07, 6.45) is 1.35. The van der Waals surface area contributed by atoms with Crippen LogP contribution in [0.1, 0.15) is 18.1 Å². The highest BCUT2D eigenvalue weighted by molar-refractivity contribution is 5.78. The van der Waals surface area contributed by atoms with Crippen LogP contribution >= 0.6 is 0 Å². The van der Waals surface area contributed by atoms with Gasteiger partial charge in [0.15, 0.2) is 0 Å². The van der Waals surface area contributed by atoms with E-state index in [1.165, 1.54) is 6.33 Å². The van der Waals surface area contributed by atoms with E-state index in [0.29, 0.717) is 6.54 Å². The van der Waals surface area contributed by atoms with Crippen molar-refractivity contribution in [1.29, 1.82) is 0 Å². The highest BCUT2D eigenvalue weighted by atomic mass is 16.6. The van der Waals surface area contributed by atoms with Crippen molar-refractivity contribution in [2.24, 2.45) is 0 Å². The second-order valence-electron chi connectivity index (χ2n) is 6.23. The Morgan fingerprint density at radius 3 is 2.41 bits per heavy atom. The number of nitrogens with one attached hydrogen (secondary N) is 1. The van der Waals surface area contributed by atoms with Crippen LogP contribution in [-0.4, -0.2) is 21.4 Å². The Balaban J connectivity index is 2.09. The van der Waals surface area contributed by atoms with E-state index in [4.69, 9.17) is 0 Å². The molecule has 138 valence electrons. The maximum Gasteiger partial charge on any atom is 0.354 e. The first-order chi connectivity index (χ1) is 13.0. The highest BCUT2D eigenvalue weighted by Gasteiger charge is 2.27. The second-order valence-corrected chi connectivity index (χ2v) is 6.23. The Morgan fingerprint density at radius 1 is 1.07 bits per heavy atom. The molecule has 27 heavy (non-hydrogen) atoms. The number of benzene rings is 2. The molecular formula is C20H21N5O2. The van der Waals surface area contributed by atoms with Crippen LogP contribution in [-0.2, 0) is 0 Å². The zero-order valence-corrected chi connectivity index (χ0v) is 15.5. The van der Waals surface area contributed by atoms with Gasteiger partial charge in [0, 0.05) is 17.9 Å². The third-order valence-electron chi connectivity index (χ3n) is 4.15. The van der Waals surface area contributed by atoms with Crippen molar-refractivity contribution in [2.75, 3.05) is 16.8 Å². The Bertz CT molecular complexity index is 974. The average molecular weight is 363 g/mol. The molecule has 7 nitrogen and oxygen atoms in total. The molecule has 0 aliphatic heterocycles. The number of nitro groups is 1. The molecule has 0 radical (unpaired) electrons. The third-order valence-corrected chi connectivity index (χ3v) is 4.15. The van der Waals surface area contributed by atoms with E-state index in [0.717, 1.165) is 22.5 Å². The summed E-state index contributed by atoms with van der Waals surface area (Å²) in [6.45, 7) is 6.41. The largest absolute Gasteiger partial charge is 0.354 e. The Labute approximate surface area is 157 Å². The van der Waals surface area contributed by atoms with Gasteiger partial charge >= 0.3 is 5.69 Å². The molecule has 3 rings (SSSR count). The fourth-order valence-electron chi connectivity index (χ4n) is 2.94. The van der Waals surface area contributed by atoms with Gasteiger partial charge in [0.05, 0.1) is 4.92 Å². The smallest absolute Gasteiger partial charge is 0.334 e. The van der Waals surface area contributed by atoms with Gasteiger partial charge in [0.1, 0.15) is 6.33 Å². The molecule has 0 saturated carbocycles. The van der Waals surface area contributed by atoms with Crippen molar-refractivity contribution in [3.8, 4) is 0 Å². The molecule has 1 N–H and O–H groups in total. The lowest BCUT2D eigenvalue weighted by Gasteiger charge is -2.22. The number of rotatable bonds is 6. The molecule has 0 spiro atoms. The van der Waals surface area contributed by atoms with Crippen molar-refractivity contribution in [2.45, 2.75) is 20.8 Å². The zero-order valence-electron chi connectivity index (χ0n) is 15.5. The zero-order chi connectivity index (χ0) is 19.4. The Kier molecular flexibility index (Phi) is 5.30. The molecule has 1 heterocycles.